The summed E-state index contributed by atoms with van der Waals surface area (Å²) < 4.78 is 2.02. The second kappa shape index (κ2) is 6.78. The van der Waals surface area contributed by atoms with Gasteiger partial charge in [-0.25, -0.2) is 9.97 Å². The minimum atomic E-state index is 0.194. The Morgan fingerprint density at radius 3 is 2.62 bits per heavy atom. The van der Waals surface area contributed by atoms with Crippen LogP contribution in [0.4, 0.5) is 5.82 Å². The van der Waals surface area contributed by atoms with Gasteiger partial charge in [0.25, 0.3) is 0 Å². The van der Waals surface area contributed by atoms with Crippen molar-refractivity contribution in [2.45, 2.75) is 40.3 Å². The van der Waals surface area contributed by atoms with Crippen molar-refractivity contribution in [1.29, 1.82) is 0 Å². The Kier molecular flexibility index (Phi) is 4.55. The van der Waals surface area contributed by atoms with E-state index >= 15 is 0 Å². The number of aryl methyl sites for hydroxylation is 3. The van der Waals surface area contributed by atoms with E-state index in [1.807, 2.05) is 36.7 Å². The average Bonchev–Trinajstić information content (AvgIpc) is 2.85. The summed E-state index contributed by atoms with van der Waals surface area (Å²) in [6.07, 6.45) is 3.52. The van der Waals surface area contributed by atoms with E-state index in [9.17, 15) is 0 Å². The number of pyridine rings is 1. The van der Waals surface area contributed by atoms with Gasteiger partial charge in [-0.2, -0.15) is 5.10 Å². The molecule has 3 rings (SSSR count). The van der Waals surface area contributed by atoms with Crippen molar-refractivity contribution in [1.82, 2.24) is 24.7 Å². The molecule has 0 spiro atoms. The van der Waals surface area contributed by atoms with Gasteiger partial charge in [-0.15, -0.1) is 0 Å². The van der Waals surface area contributed by atoms with Crippen molar-refractivity contribution < 1.29 is 0 Å². The van der Waals surface area contributed by atoms with Crippen molar-refractivity contribution in [3.63, 3.8) is 0 Å². The molecular formula is C18H22N6. The molecule has 124 valence electrons. The molecule has 3 aromatic heterocycles. The largest absolute Gasteiger partial charge is 0.366 e. The second-order valence-corrected chi connectivity index (χ2v) is 6.11. The molecule has 0 saturated heterocycles. The third-order valence-corrected chi connectivity index (χ3v) is 3.72. The number of rotatable bonds is 5. The zero-order chi connectivity index (χ0) is 17.1. The first-order chi connectivity index (χ1) is 11.5. The van der Waals surface area contributed by atoms with Gasteiger partial charge in [0.15, 0.2) is 5.82 Å². The normalized spacial score (nSPS) is 12.2. The number of anilines is 1. The smallest absolute Gasteiger partial charge is 0.163 e. The Morgan fingerprint density at radius 1 is 1.12 bits per heavy atom. The molecule has 0 unspecified atom stereocenters. The van der Waals surface area contributed by atoms with E-state index in [2.05, 4.69) is 45.3 Å². The third kappa shape index (κ3) is 3.76. The maximum atomic E-state index is 4.62. The van der Waals surface area contributed by atoms with Crippen molar-refractivity contribution in [2.75, 3.05) is 5.32 Å². The molecule has 6 heteroatoms. The van der Waals surface area contributed by atoms with E-state index in [-0.39, 0.29) is 6.04 Å². The summed E-state index contributed by atoms with van der Waals surface area (Å²) in [5, 5.41) is 7.96. The molecular weight excluding hydrogens is 300 g/mol. The molecule has 0 aromatic carbocycles. The van der Waals surface area contributed by atoms with Gasteiger partial charge in [0.05, 0.1) is 12.2 Å². The topological polar surface area (TPSA) is 68.5 Å². The van der Waals surface area contributed by atoms with Crippen LogP contribution in [0.5, 0.6) is 0 Å². The molecule has 3 aromatic rings. The Bertz CT molecular complexity index is 825. The third-order valence-electron chi connectivity index (χ3n) is 3.72. The second-order valence-electron chi connectivity index (χ2n) is 6.11. The molecule has 0 aliphatic rings. The van der Waals surface area contributed by atoms with Crippen LogP contribution >= 0.6 is 0 Å². The summed E-state index contributed by atoms with van der Waals surface area (Å²) in [6.45, 7) is 8.96. The maximum Gasteiger partial charge on any atom is 0.163 e. The lowest BCUT2D eigenvalue weighted by atomic mass is 10.2. The van der Waals surface area contributed by atoms with Crippen LogP contribution in [-0.2, 0) is 6.54 Å². The van der Waals surface area contributed by atoms with Gasteiger partial charge < -0.3 is 5.32 Å². The highest BCUT2D eigenvalue weighted by Gasteiger charge is 2.10. The molecule has 6 nitrogen and oxygen atoms in total. The fourth-order valence-corrected chi connectivity index (χ4v) is 2.68. The minimum Gasteiger partial charge on any atom is -0.366 e. The molecule has 0 bridgehead atoms. The highest BCUT2D eigenvalue weighted by Crippen LogP contribution is 2.17. The first-order valence-electron chi connectivity index (χ1n) is 8.05. The van der Waals surface area contributed by atoms with Gasteiger partial charge in [0.2, 0.25) is 0 Å². The molecule has 0 aliphatic carbocycles. The summed E-state index contributed by atoms with van der Waals surface area (Å²) in [4.78, 5) is 13.3. The first-order valence-corrected chi connectivity index (χ1v) is 8.05. The molecule has 0 fully saturated rings. The fourth-order valence-electron chi connectivity index (χ4n) is 2.68. The van der Waals surface area contributed by atoms with Crippen molar-refractivity contribution in [3.05, 3.63) is 53.7 Å². The Balaban J connectivity index is 1.77. The van der Waals surface area contributed by atoms with E-state index in [1.54, 1.807) is 12.4 Å². The lowest BCUT2D eigenvalue weighted by Crippen LogP contribution is -2.24. The molecule has 0 aliphatic heterocycles. The van der Waals surface area contributed by atoms with E-state index in [0.29, 0.717) is 5.82 Å². The van der Waals surface area contributed by atoms with Crippen LogP contribution in [0.25, 0.3) is 11.4 Å². The standard InChI is InChI=1S/C18H22N6/c1-12-9-17(22-18(21-12)16-6-5-7-19-10-16)20-14(3)11-24-15(4)8-13(2)23-24/h5-10,14H,11H2,1-4H3,(H,20,21,22)/t14-/m0/s1. The number of nitrogens with one attached hydrogen (secondary N) is 1. The molecule has 0 saturated carbocycles. The fraction of sp³-hybridized carbons (Fsp3) is 0.333. The average molecular weight is 322 g/mol. The van der Waals surface area contributed by atoms with E-state index in [1.165, 1.54) is 0 Å². The van der Waals surface area contributed by atoms with Gasteiger partial charge in [0.1, 0.15) is 5.82 Å². The van der Waals surface area contributed by atoms with Crippen molar-refractivity contribution in [2.24, 2.45) is 0 Å². The van der Waals surface area contributed by atoms with Crippen molar-refractivity contribution >= 4 is 5.82 Å². The van der Waals surface area contributed by atoms with Gasteiger partial charge in [-0.05, 0) is 45.9 Å². The molecule has 0 radical (unpaired) electrons. The molecule has 24 heavy (non-hydrogen) atoms. The van der Waals surface area contributed by atoms with Crippen LogP contribution in [0, 0.1) is 20.8 Å². The maximum absolute atomic E-state index is 4.62. The van der Waals surface area contributed by atoms with Crippen LogP contribution in [0.2, 0.25) is 0 Å². The highest BCUT2D eigenvalue weighted by molar-refractivity contribution is 5.56. The van der Waals surface area contributed by atoms with E-state index in [0.717, 1.165) is 35.0 Å². The van der Waals surface area contributed by atoms with Crippen LogP contribution in [0.3, 0.4) is 0 Å². The van der Waals surface area contributed by atoms with Gasteiger partial charge in [-0.3, -0.25) is 9.67 Å². The van der Waals surface area contributed by atoms with Crippen LogP contribution < -0.4 is 5.32 Å². The lowest BCUT2D eigenvalue weighted by Gasteiger charge is -2.16. The lowest BCUT2D eigenvalue weighted by molar-refractivity contribution is 0.544. The zero-order valence-electron chi connectivity index (χ0n) is 14.5. The summed E-state index contributed by atoms with van der Waals surface area (Å²) in [5.41, 5.74) is 4.03. The number of hydrogen-bond acceptors (Lipinski definition) is 5. The molecule has 3 heterocycles. The Morgan fingerprint density at radius 2 is 1.96 bits per heavy atom. The predicted molar refractivity (Wildman–Crippen MR) is 94.8 cm³/mol. The zero-order valence-corrected chi connectivity index (χ0v) is 14.5. The monoisotopic (exact) mass is 322 g/mol. The quantitative estimate of drug-likeness (QED) is 0.781. The van der Waals surface area contributed by atoms with Gasteiger partial charge >= 0.3 is 0 Å². The summed E-state index contributed by atoms with van der Waals surface area (Å²) in [7, 11) is 0. The Labute approximate surface area is 142 Å². The summed E-state index contributed by atoms with van der Waals surface area (Å²) in [5.74, 6) is 1.50. The van der Waals surface area contributed by atoms with Crippen LogP contribution in [-0.4, -0.2) is 30.8 Å². The van der Waals surface area contributed by atoms with Crippen molar-refractivity contribution in [3.8, 4) is 11.4 Å². The Hall–Kier alpha value is -2.76. The number of nitrogens with zero attached hydrogens (tertiary/aromatic N) is 5. The first kappa shape index (κ1) is 16.1. The SMILES string of the molecule is Cc1cc(N[C@@H](C)Cn2nc(C)cc2C)nc(-c2cccnc2)n1. The van der Waals surface area contributed by atoms with E-state index < -0.39 is 0 Å². The van der Waals surface area contributed by atoms with Crippen LogP contribution in [0.1, 0.15) is 24.0 Å². The highest BCUT2D eigenvalue weighted by atomic mass is 15.3. The minimum absolute atomic E-state index is 0.194. The predicted octanol–water partition coefficient (Wildman–Crippen LogP) is 3.16. The van der Waals surface area contributed by atoms with Crippen LogP contribution in [0.15, 0.2) is 36.7 Å². The summed E-state index contributed by atoms with van der Waals surface area (Å²) in [6, 6.07) is 8.09. The number of aromatic nitrogens is 5. The van der Waals surface area contributed by atoms with Gasteiger partial charge in [0, 0.05) is 41.5 Å². The molecule has 1 atom stereocenters. The summed E-state index contributed by atoms with van der Waals surface area (Å²) >= 11 is 0. The molecule has 1 N–H and O–H groups in total. The van der Waals surface area contributed by atoms with Gasteiger partial charge in [-0.1, -0.05) is 0 Å². The number of hydrogen-bond donors (Lipinski definition) is 1. The van der Waals surface area contributed by atoms with E-state index in [4.69, 9.17) is 0 Å². The molecule has 0 amide bonds.